The monoisotopic (exact) mass is 245 g/mol. The molecule has 0 N–H and O–H groups in total. The van der Waals surface area contributed by atoms with E-state index in [1.54, 1.807) is 27.7 Å². The molecule has 1 aliphatic heterocycles. The SMILES string of the molecule is CCC(=O)[C@@H]1C[C@@H](F)CN1C(=O)OC(C)(C)C. The standard InChI is InChI=1S/C12H20FNO3/c1-5-10(15)9-6-8(13)7-14(9)11(16)17-12(2,3)4/h8-9H,5-7H2,1-4H3/t8-,9+/m1/s1. The van der Waals surface area contributed by atoms with E-state index in [1.165, 1.54) is 4.90 Å². The van der Waals surface area contributed by atoms with Crippen LogP contribution in [-0.2, 0) is 9.53 Å². The minimum atomic E-state index is -1.14. The number of carbonyl (C=O) groups excluding carboxylic acids is 2. The predicted octanol–water partition coefficient (Wildman–Crippen LogP) is 2.31. The second-order valence-corrected chi connectivity index (χ2v) is 5.30. The molecule has 0 aromatic rings. The molecule has 0 spiro atoms. The van der Waals surface area contributed by atoms with E-state index < -0.39 is 23.9 Å². The Morgan fingerprint density at radius 1 is 1.41 bits per heavy atom. The van der Waals surface area contributed by atoms with Gasteiger partial charge in [-0.3, -0.25) is 9.69 Å². The topological polar surface area (TPSA) is 46.6 Å². The average molecular weight is 245 g/mol. The van der Waals surface area contributed by atoms with Crippen LogP contribution in [0.4, 0.5) is 9.18 Å². The van der Waals surface area contributed by atoms with Crippen molar-refractivity contribution in [1.29, 1.82) is 0 Å². The number of halogens is 1. The molecule has 1 aliphatic rings. The zero-order valence-electron chi connectivity index (χ0n) is 10.8. The molecule has 0 radical (unpaired) electrons. The maximum atomic E-state index is 13.3. The van der Waals surface area contributed by atoms with Crippen LogP contribution >= 0.6 is 0 Å². The number of hydrogen-bond donors (Lipinski definition) is 0. The van der Waals surface area contributed by atoms with Crippen LogP contribution < -0.4 is 0 Å². The normalized spacial score (nSPS) is 24.9. The van der Waals surface area contributed by atoms with Crippen LogP contribution in [0.3, 0.4) is 0 Å². The van der Waals surface area contributed by atoms with Crippen LogP contribution in [0.25, 0.3) is 0 Å². The Morgan fingerprint density at radius 3 is 2.47 bits per heavy atom. The second kappa shape index (κ2) is 5.02. The number of ether oxygens (including phenoxy) is 1. The van der Waals surface area contributed by atoms with E-state index >= 15 is 0 Å². The maximum Gasteiger partial charge on any atom is 0.411 e. The van der Waals surface area contributed by atoms with Crippen LogP contribution in [0, 0.1) is 0 Å². The van der Waals surface area contributed by atoms with E-state index in [0.717, 1.165) is 0 Å². The Hall–Kier alpha value is -1.13. The first kappa shape index (κ1) is 13.9. The number of hydrogen-bond acceptors (Lipinski definition) is 3. The van der Waals surface area contributed by atoms with Gasteiger partial charge in [0.15, 0.2) is 5.78 Å². The molecule has 17 heavy (non-hydrogen) atoms. The highest BCUT2D eigenvalue weighted by atomic mass is 19.1. The van der Waals surface area contributed by atoms with E-state index in [0.29, 0.717) is 6.42 Å². The van der Waals surface area contributed by atoms with Gasteiger partial charge in [-0.1, -0.05) is 6.92 Å². The van der Waals surface area contributed by atoms with Crippen LogP contribution in [0.15, 0.2) is 0 Å². The number of rotatable bonds is 2. The molecule has 2 atom stereocenters. The number of amides is 1. The van der Waals surface area contributed by atoms with Gasteiger partial charge in [0.2, 0.25) is 0 Å². The Kier molecular flexibility index (Phi) is 4.11. The summed E-state index contributed by atoms with van der Waals surface area (Å²) in [6.07, 6.45) is -1.35. The van der Waals surface area contributed by atoms with Gasteiger partial charge < -0.3 is 4.74 Å². The summed E-state index contributed by atoms with van der Waals surface area (Å²) in [4.78, 5) is 24.7. The molecule has 0 saturated carbocycles. The number of likely N-dealkylation sites (tertiary alicyclic amines) is 1. The molecule has 4 nitrogen and oxygen atoms in total. The van der Waals surface area contributed by atoms with Crippen LogP contribution in [0.1, 0.15) is 40.5 Å². The van der Waals surface area contributed by atoms with Crippen molar-refractivity contribution in [2.75, 3.05) is 6.54 Å². The molecule has 0 aromatic heterocycles. The van der Waals surface area contributed by atoms with E-state index in [9.17, 15) is 14.0 Å². The summed E-state index contributed by atoms with van der Waals surface area (Å²) in [5.41, 5.74) is -0.634. The Labute approximate surface area is 101 Å². The van der Waals surface area contributed by atoms with Crippen molar-refractivity contribution in [3.05, 3.63) is 0 Å². The minimum absolute atomic E-state index is 0.0503. The molecule has 1 fully saturated rings. The first-order chi connectivity index (χ1) is 7.74. The molecule has 1 rings (SSSR count). The third-order valence-corrected chi connectivity index (χ3v) is 2.60. The largest absolute Gasteiger partial charge is 0.444 e. The quantitative estimate of drug-likeness (QED) is 0.750. The van der Waals surface area contributed by atoms with Gasteiger partial charge >= 0.3 is 6.09 Å². The smallest absolute Gasteiger partial charge is 0.411 e. The average Bonchev–Trinajstić information content (AvgIpc) is 2.56. The molecule has 1 amide bonds. The summed E-state index contributed by atoms with van der Waals surface area (Å²) in [5, 5.41) is 0. The van der Waals surface area contributed by atoms with Crippen molar-refractivity contribution in [3.8, 4) is 0 Å². The van der Waals surface area contributed by atoms with E-state index in [4.69, 9.17) is 4.74 Å². The molecule has 1 saturated heterocycles. The number of carbonyl (C=O) groups is 2. The van der Waals surface area contributed by atoms with Gasteiger partial charge in [0.1, 0.15) is 11.8 Å². The van der Waals surface area contributed by atoms with Gasteiger partial charge in [0.05, 0.1) is 12.6 Å². The Bertz CT molecular complexity index is 311. The number of Topliss-reactive ketones (excluding diaryl/α,β-unsaturated/α-hetero) is 1. The lowest BCUT2D eigenvalue weighted by Gasteiger charge is -2.27. The van der Waals surface area contributed by atoms with Gasteiger partial charge in [0.25, 0.3) is 0 Å². The summed E-state index contributed by atoms with van der Waals surface area (Å²) in [6, 6.07) is -0.662. The lowest BCUT2D eigenvalue weighted by Crippen LogP contribution is -2.43. The molecule has 0 unspecified atom stereocenters. The highest BCUT2D eigenvalue weighted by Crippen LogP contribution is 2.24. The number of ketones is 1. The predicted molar refractivity (Wildman–Crippen MR) is 61.5 cm³/mol. The van der Waals surface area contributed by atoms with Crippen LogP contribution in [-0.4, -0.2) is 41.1 Å². The minimum Gasteiger partial charge on any atom is -0.444 e. The lowest BCUT2D eigenvalue weighted by molar-refractivity contribution is -0.123. The van der Waals surface area contributed by atoms with E-state index in [-0.39, 0.29) is 18.7 Å². The zero-order valence-corrected chi connectivity index (χ0v) is 10.8. The van der Waals surface area contributed by atoms with Gasteiger partial charge in [0, 0.05) is 12.8 Å². The maximum absolute atomic E-state index is 13.3. The summed E-state index contributed by atoms with van der Waals surface area (Å²) < 4.78 is 18.5. The van der Waals surface area contributed by atoms with Gasteiger partial charge in [-0.15, -0.1) is 0 Å². The van der Waals surface area contributed by atoms with E-state index in [1.807, 2.05) is 0 Å². The Balaban J connectivity index is 2.73. The summed E-state index contributed by atoms with van der Waals surface area (Å²) in [7, 11) is 0. The number of alkyl halides is 1. The lowest BCUT2D eigenvalue weighted by atomic mass is 10.1. The van der Waals surface area contributed by atoms with Gasteiger partial charge in [-0.2, -0.15) is 0 Å². The summed E-state index contributed by atoms with van der Waals surface area (Å²) >= 11 is 0. The molecule has 0 aromatic carbocycles. The molecule has 5 heteroatoms. The molecular formula is C12H20FNO3. The van der Waals surface area contributed by atoms with Gasteiger partial charge in [-0.05, 0) is 20.8 Å². The molecule has 0 bridgehead atoms. The van der Waals surface area contributed by atoms with Crippen molar-refractivity contribution >= 4 is 11.9 Å². The summed E-state index contributed by atoms with van der Waals surface area (Å²) in [6.45, 7) is 6.88. The van der Waals surface area contributed by atoms with Crippen molar-refractivity contribution in [2.24, 2.45) is 0 Å². The fourth-order valence-electron chi connectivity index (χ4n) is 1.85. The highest BCUT2D eigenvalue weighted by molar-refractivity contribution is 5.87. The van der Waals surface area contributed by atoms with E-state index in [2.05, 4.69) is 0 Å². The van der Waals surface area contributed by atoms with Crippen molar-refractivity contribution in [2.45, 2.75) is 58.4 Å². The van der Waals surface area contributed by atoms with Crippen molar-refractivity contribution < 1.29 is 18.7 Å². The molecule has 0 aliphatic carbocycles. The first-order valence-corrected chi connectivity index (χ1v) is 5.91. The van der Waals surface area contributed by atoms with Crippen molar-refractivity contribution in [3.63, 3.8) is 0 Å². The van der Waals surface area contributed by atoms with Crippen molar-refractivity contribution in [1.82, 2.24) is 4.90 Å². The summed E-state index contributed by atoms with van der Waals surface area (Å²) in [5.74, 6) is -0.115. The zero-order chi connectivity index (χ0) is 13.2. The fraction of sp³-hybridized carbons (Fsp3) is 0.833. The number of nitrogens with zero attached hydrogens (tertiary/aromatic N) is 1. The fourth-order valence-corrected chi connectivity index (χ4v) is 1.85. The second-order valence-electron chi connectivity index (χ2n) is 5.30. The first-order valence-electron chi connectivity index (χ1n) is 5.91. The highest BCUT2D eigenvalue weighted by Gasteiger charge is 2.40. The van der Waals surface area contributed by atoms with Gasteiger partial charge in [-0.25, -0.2) is 9.18 Å². The third-order valence-electron chi connectivity index (χ3n) is 2.60. The third kappa shape index (κ3) is 3.68. The molecular weight excluding hydrogens is 225 g/mol. The van der Waals surface area contributed by atoms with Crippen LogP contribution in [0.2, 0.25) is 0 Å². The van der Waals surface area contributed by atoms with Crippen LogP contribution in [0.5, 0.6) is 0 Å². The molecule has 1 heterocycles. The molecule has 98 valence electrons. The Morgan fingerprint density at radius 2 is 2.00 bits per heavy atom.